The van der Waals surface area contributed by atoms with E-state index in [4.69, 9.17) is 5.73 Å². The first-order valence-corrected chi connectivity index (χ1v) is 7.59. The lowest BCUT2D eigenvalue weighted by atomic mass is 9.94. The summed E-state index contributed by atoms with van der Waals surface area (Å²) in [5.41, 5.74) is 5.62. The van der Waals surface area contributed by atoms with Gasteiger partial charge in [0.15, 0.2) is 0 Å². The van der Waals surface area contributed by atoms with Gasteiger partial charge in [-0.05, 0) is 30.6 Å². The Kier molecular flexibility index (Phi) is 4.37. The number of sulfonamides is 1. The third-order valence-electron chi connectivity index (χ3n) is 2.90. The number of hydrogen-bond acceptors (Lipinski definition) is 3. The van der Waals surface area contributed by atoms with E-state index in [0.29, 0.717) is 18.9 Å². The average molecular weight is 248 g/mol. The summed E-state index contributed by atoms with van der Waals surface area (Å²) in [6.07, 6.45) is 2.87. The van der Waals surface area contributed by atoms with Crippen LogP contribution in [0.2, 0.25) is 0 Å². The molecule has 1 fully saturated rings. The smallest absolute Gasteiger partial charge is 0.211 e. The van der Waals surface area contributed by atoms with Gasteiger partial charge in [0.1, 0.15) is 0 Å². The lowest BCUT2D eigenvalue weighted by molar-refractivity contribution is 0.395. The zero-order valence-electron chi connectivity index (χ0n) is 10.5. The van der Waals surface area contributed by atoms with E-state index < -0.39 is 10.0 Å². The largest absolute Gasteiger partial charge is 0.329 e. The molecule has 1 aliphatic rings. The zero-order valence-corrected chi connectivity index (χ0v) is 11.3. The van der Waals surface area contributed by atoms with Gasteiger partial charge in [-0.15, -0.1) is 0 Å². The second kappa shape index (κ2) is 5.02. The monoisotopic (exact) mass is 248 g/mol. The maximum Gasteiger partial charge on any atom is 0.211 e. The highest BCUT2D eigenvalue weighted by atomic mass is 32.2. The number of rotatable bonds is 6. The molecule has 0 aromatic rings. The Morgan fingerprint density at radius 1 is 1.38 bits per heavy atom. The Labute approximate surface area is 99.0 Å². The molecule has 0 radical (unpaired) electrons. The molecular formula is C11H24N2O2S. The first-order chi connectivity index (χ1) is 7.23. The molecule has 0 aromatic heterocycles. The SMILES string of the molecule is CC(C)(C)CCS(=O)(=O)NC(CN)C1CC1. The van der Waals surface area contributed by atoms with Gasteiger partial charge in [-0.2, -0.15) is 0 Å². The molecule has 5 heteroatoms. The minimum absolute atomic E-state index is 0.0482. The Hall–Kier alpha value is -0.130. The second-order valence-electron chi connectivity index (χ2n) is 5.93. The molecule has 0 heterocycles. The third-order valence-corrected chi connectivity index (χ3v) is 4.30. The van der Waals surface area contributed by atoms with Crippen molar-refractivity contribution in [3.05, 3.63) is 0 Å². The highest BCUT2D eigenvalue weighted by molar-refractivity contribution is 7.89. The van der Waals surface area contributed by atoms with Gasteiger partial charge in [-0.25, -0.2) is 13.1 Å². The maximum atomic E-state index is 11.8. The molecule has 0 saturated heterocycles. The van der Waals surface area contributed by atoms with E-state index in [1.165, 1.54) is 0 Å². The first-order valence-electron chi connectivity index (χ1n) is 5.93. The summed E-state index contributed by atoms with van der Waals surface area (Å²) < 4.78 is 26.3. The molecule has 16 heavy (non-hydrogen) atoms. The molecule has 1 rings (SSSR count). The Bertz CT molecular complexity index is 315. The van der Waals surface area contributed by atoms with Gasteiger partial charge in [0.2, 0.25) is 10.0 Å². The van der Waals surface area contributed by atoms with Crippen LogP contribution >= 0.6 is 0 Å². The molecule has 0 bridgehead atoms. The number of nitrogens with one attached hydrogen (secondary N) is 1. The second-order valence-corrected chi connectivity index (χ2v) is 7.80. The van der Waals surface area contributed by atoms with Gasteiger partial charge in [-0.3, -0.25) is 0 Å². The van der Waals surface area contributed by atoms with E-state index in [2.05, 4.69) is 4.72 Å². The third kappa shape index (κ3) is 5.27. The van der Waals surface area contributed by atoms with Crippen LogP contribution in [0.3, 0.4) is 0 Å². The predicted molar refractivity (Wildman–Crippen MR) is 66.6 cm³/mol. The van der Waals surface area contributed by atoms with Crippen LogP contribution in [-0.4, -0.2) is 26.8 Å². The molecule has 4 nitrogen and oxygen atoms in total. The van der Waals surface area contributed by atoms with Crippen LogP contribution in [0, 0.1) is 11.3 Å². The van der Waals surface area contributed by atoms with Gasteiger partial charge in [-0.1, -0.05) is 20.8 Å². The molecule has 0 aromatic carbocycles. The van der Waals surface area contributed by atoms with E-state index in [0.717, 1.165) is 12.8 Å². The molecule has 96 valence electrons. The molecule has 0 amide bonds. The molecule has 3 N–H and O–H groups in total. The van der Waals surface area contributed by atoms with Crippen LogP contribution in [0.25, 0.3) is 0 Å². The quantitative estimate of drug-likeness (QED) is 0.739. The molecule has 0 aliphatic heterocycles. The maximum absolute atomic E-state index is 11.8. The van der Waals surface area contributed by atoms with Crippen molar-refractivity contribution in [3.8, 4) is 0 Å². The standard InChI is InChI=1S/C11H24N2O2S/c1-11(2,3)6-7-16(14,15)13-10(8-12)9-4-5-9/h9-10,13H,4-8,12H2,1-3H3. The summed E-state index contributed by atoms with van der Waals surface area (Å²) in [7, 11) is -3.16. The predicted octanol–water partition coefficient (Wildman–Crippen LogP) is 1.08. The lowest BCUT2D eigenvalue weighted by Crippen LogP contribution is -2.43. The Morgan fingerprint density at radius 3 is 2.31 bits per heavy atom. The van der Waals surface area contributed by atoms with E-state index in [1.807, 2.05) is 20.8 Å². The highest BCUT2D eigenvalue weighted by Crippen LogP contribution is 2.32. The highest BCUT2D eigenvalue weighted by Gasteiger charge is 2.33. The normalized spacial score (nSPS) is 19.8. The van der Waals surface area contributed by atoms with Crippen LogP contribution < -0.4 is 10.5 Å². The van der Waals surface area contributed by atoms with Gasteiger partial charge < -0.3 is 5.73 Å². The van der Waals surface area contributed by atoms with Crippen molar-refractivity contribution in [2.75, 3.05) is 12.3 Å². The zero-order chi connectivity index (χ0) is 12.4. The fraction of sp³-hybridized carbons (Fsp3) is 1.00. The van der Waals surface area contributed by atoms with Crippen LogP contribution in [0.5, 0.6) is 0 Å². The van der Waals surface area contributed by atoms with Crippen molar-refractivity contribution in [1.29, 1.82) is 0 Å². The Morgan fingerprint density at radius 2 is 1.94 bits per heavy atom. The van der Waals surface area contributed by atoms with Crippen LogP contribution in [0.4, 0.5) is 0 Å². The van der Waals surface area contributed by atoms with Crippen molar-refractivity contribution in [2.24, 2.45) is 17.1 Å². The molecule has 1 atom stereocenters. The van der Waals surface area contributed by atoms with Crippen molar-refractivity contribution < 1.29 is 8.42 Å². The van der Waals surface area contributed by atoms with Crippen LogP contribution in [0.15, 0.2) is 0 Å². The van der Waals surface area contributed by atoms with Crippen LogP contribution in [-0.2, 0) is 10.0 Å². The minimum atomic E-state index is -3.16. The summed E-state index contributed by atoms with van der Waals surface area (Å²) >= 11 is 0. The van der Waals surface area contributed by atoms with Crippen molar-refractivity contribution in [3.63, 3.8) is 0 Å². The van der Waals surface area contributed by atoms with Gasteiger partial charge in [0.25, 0.3) is 0 Å². The van der Waals surface area contributed by atoms with E-state index in [-0.39, 0.29) is 17.2 Å². The molecule has 1 saturated carbocycles. The van der Waals surface area contributed by atoms with E-state index >= 15 is 0 Å². The molecule has 0 spiro atoms. The van der Waals surface area contributed by atoms with E-state index in [9.17, 15) is 8.42 Å². The summed E-state index contributed by atoms with van der Waals surface area (Å²) in [6, 6.07) is -0.0510. The number of hydrogen-bond donors (Lipinski definition) is 2. The summed E-state index contributed by atoms with van der Waals surface area (Å²) in [5, 5.41) is 0. The van der Waals surface area contributed by atoms with Crippen molar-refractivity contribution >= 4 is 10.0 Å². The van der Waals surface area contributed by atoms with Crippen LogP contribution in [0.1, 0.15) is 40.0 Å². The van der Waals surface area contributed by atoms with Crippen molar-refractivity contribution in [2.45, 2.75) is 46.1 Å². The van der Waals surface area contributed by atoms with Gasteiger partial charge in [0, 0.05) is 12.6 Å². The van der Waals surface area contributed by atoms with Gasteiger partial charge >= 0.3 is 0 Å². The first kappa shape index (κ1) is 13.9. The summed E-state index contributed by atoms with van der Waals surface area (Å²) in [4.78, 5) is 0. The topological polar surface area (TPSA) is 72.2 Å². The molecule has 1 unspecified atom stereocenters. The van der Waals surface area contributed by atoms with Crippen molar-refractivity contribution in [1.82, 2.24) is 4.72 Å². The fourth-order valence-corrected chi connectivity index (χ4v) is 3.31. The molecule has 1 aliphatic carbocycles. The minimum Gasteiger partial charge on any atom is -0.329 e. The fourth-order valence-electron chi connectivity index (χ4n) is 1.57. The van der Waals surface area contributed by atoms with E-state index in [1.54, 1.807) is 0 Å². The average Bonchev–Trinajstić information content (AvgIpc) is 2.93. The lowest BCUT2D eigenvalue weighted by Gasteiger charge is -2.20. The van der Waals surface area contributed by atoms with Gasteiger partial charge in [0.05, 0.1) is 5.75 Å². The summed E-state index contributed by atoms with van der Waals surface area (Å²) in [5.74, 6) is 0.661. The molecular weight excluding hydrogens is 224 g/mol. The Balaban J connectivity index is 2.44. The number of nitrogens with two attached hydrogens (primary N) is 1. The summed E-state index contributed by atoms with van der Waals surface area (Å²) in [6.45, 7) is 6.54.